The summed E-state index contributed by atoms with van der Waals surface area (Å²) in [6.07, 6.45) is 0.836. The van der Waals surface area contributed by atoms with Gasteiger partial charge in [0.15, 0.2) is 11.0 Å². The summed E-state index contributed by atoms with van der Waals surface area (Å²) in [5, 5.41) is 15.9. The van der Waals surface area contributed by atoms with E-state index in [1.165, 1.54) is 33.0 Å². The zero-order valence-electron chi connectivity index (χ0n) is 17.1. The molecular formula is C23H24N4OS2. The van der Waals surface area contributed by atoms with E-state index in [2.05, 4.69) is 75.7 Å². The molecule has 5 nitrogen and oxygen atoms in total. The van der Waals surface area contributed by atoms with Crippen molar-refractivity contribution < 1.29 is 4.79 Å². The second-order valence-corrected chi connectivity index (χ2v) is 8.92. The van der Waals surface area contributed by atoms with Crippen LogP contribution >= 0.6 is 23.1 Å². The average Bonchev–Trinajstić information content (AvgIpc) is 3.36. The van der Waals surface area contributed by atoms with Gasteiger partial charge >= 0.3 is 0 Å². The van der Waals surface area contributed by atoms with Crippen LogP contribution in [0.2, 0.25) is 0 Å². The van der Waals surface area contributed by atoms with Crippen molar-refractivity contribution in [2.75, 3.05) is 12.3 Å². The van der Waals surface area contributed by atoms with Crippen LogP contribution < -0.4 is 5.32 Å². The van der Waals surface area contributed by atoms with E-state index in [1.54, 1.807) is 11.3 Å². The monoisotopic (exact) mass is 436 g/mol. The Morgan fingerprint density at radius 3 is 2.87 bits per heavy atom. The molecule has 0 saturated heterocycles. The first-order valence-electron chi connectivity index (χ1n) is 10.0. The van der Waals surface area contributed by atoms with Gasteiger partial charge < -0.3 is 9.88 Å². The van der Waals surface area contributed by atoms with Crippen LogP contribution in [0.4, 0.5) is 0 Å². The molecule has 7 heteroatoms. The Bertz CT molecular complexity index is 1160. The van der Waals surface area contributed by atoms with Gasteiger partial charge in [-0.2, -0.15) is 0 Å². The van der Waals surface area contributed by atoms with Crippen LogP contribution in [0.15, 0.2) is 59.1 Å². The van der Waals surface area contributed by atoms with Gasteiger partial charge in [0.05, 0.1) is 5.75 Å². The molecule has 2 heterocycles. The number of nitrogens with zero attached hydrogens (tertiary/aromatic N) is 3. The normalized spacial score (nSPS) is 11.1. The van der Waals surface area contributed by atoms with Gasteiger partial charge in [-0.15, -0.1) is 21.5 Å². The zero-order chi connectivity index (χ0) is 20.9. The number of benzene rings is 2. The van der Waals surface area contributed by atoms with Gasteiger partial charge in [0.25, 0.3) is 0 Å². The first-order chi connectivity index (χ1) is 14.7. The minimum absolute atomic E-state index is 0.0160. The van der Waals surface area contributed by atoms with Crippen LogP contribution in [0, 0.1) is 6.92 Å². The maximum absolute atomic E-state index is 12.3. The summed E-state index contributed by atoms with van der Waals surface area (Å²) in [5.41, 5.74) is 3.52. The van der Waals surface area contributed by atoms with E-state index in [4.69, 9.17) is 0 Å². The molecule has 4 rings (SSSR count). The van der Waals surface area contributed by atoms with Gasteiger partial charge in [0.2, 0.25) is 5.91 Å². The highest BCUT2D eigenvalue weighted by Gasteiger charge is 2.14. The SMILES string of the molecule is CCn1c(SCC(=O)NCCc2csc3ccccc23)nnc1-c1cccc(C)c1. The number of nitrogens with one attached hydrogen (secondary N) is 1. The molecule has 4 aromatic rings. The van der Waals surface area contributed by atoms with Crippen LogP contribution in [0.25, 0.3) is 21.5 Å². The number of thioether (sulfide) groups is 1. The highest BCUT2D eigenvalue weighted by molar-refractivity contribution is 7.99. The predicted octanol–water partition coefficient (Wildman–Crippen LogP) is 4.94. The summed E-state index contributed by atoms with van der Waals surface area (Å²) in [4.78, 5) is 12.3. The van der Waals surface area contributed by atoms with Crippen LogP contribution in [0.3, 0.4) is 0 Å². The Kier molecular flexibility index (Phi) is 6.50. The fraction of sp³-hybridized carbons (Fsp3) is 0.261. The molecule has 0 unspecified atom stereocenters. The number of aryl methyl sites for hydroxylation is 1. The first-order valence-corrected chi connectivity index (χ1v) is 11.9. The Morgan fingerprint density at radius 1 is 1.17 bits per heavy atom. The first kappa shape index (κ1) is 20.6. The third-order valence-corrected chi connectivity index (χ3v) is 6.90. The standard InChI is InChI=1S/C23H24N4OS2/c1-3-27-22(17-8-6-7-16(2)13-17)25-26-23(27)30-15-21(28)24-12-11-18-14-29-20-10-5-4-9-19(18)20/h4-10,13-14H,3,11-12,15H2,1-2H3,(H,24,28). The Balaban J connectivity index is 1.33. The van der Waals surface area contributed by atoms with E-state index in [0.29, 0.717) is 12.3 Å². The fourth-order valence-corrected chi connectivity index (χ4v) is 5.25. The molecule has 0 bridgehead atoms. The highest BCUT2D eigenvalue weighted by atomic mass is 32.2. The van der Waals surface area contributed by atoms with Crippen LogP contribution in [0.1, 0.15) is 18.1 Å². The number of aromatic nitrogens is 3. The average molecular weight is 437 g/mol. The number of thiophene rings is 1. The van der Waals surface area contributed by atoms with Gasteiger partial charge in [-0.1, -0.05) is 53.7 Å². The molecule has 0 aliphatic heterocycles. The van der Waals surface area contributed by atoms with Gasteiger partial charge in [-0.3, -0.25) is 4.79 Å². The van der Waals surface area contributed by atoms with Crippen LogP contribution in [0.5, 0.6) is 0 Å². The van der Waals surface area contributed by atoms with Crippen LogP contribution in [-0.4, -0.2) is 33.0 Å². The number of fused-ring (bicyclic) bond motifs is 1. The number of carbonyl (C=O) groups excluding carboxylic acids is 1. The van der Waals surface area contributed by atoms with E-state index in [9.17, 15) is 4.79 Å². The van der Waals surface area contributed by atoms with E-state index in [1.807, 2.05) is 12.1 Å². The molecule has 0 radical (unpaired) electrons. The summed E-state index contributed by atoms with van der Waals surface area (Å²) in [5.74, 6) is 1.19. The second-order valence-electron chi connectivity index (χ2n) is 7.07. The summed E-state index contributed by atoms with van der Waals surface area (Å²) in [6.45, 7) is 5.52. The Morgan fingerprint density at radius 2 is 2.03 bits per heavy atom. The van der Waals surface area contributed by atoms with Crippen molar-refractivity contribution in [3.8, 4) is 11.4 Å². The summed E-state index contributed by atoms with van der Waals surface area (Å²) in [6, 6.07) is 16.6. The molecule has 154 valence electrons. The van der Waals surface area contributed by atoms with E-state index < -0.39 is 0 Å². The Labute approximate surface area is 184 Å². The number of hydrogen-bond acceptors (Lipinski definition) is 5. The molecule has 30 heavy (non-hydrogen) atoms. The van der Waals surface area contributed by atoms with E-state index >= 15 is 0 Å². The van der Waals surface area contributed by atoms with Crippen molar-refractivity contribution in [2.45, 2.75) is 32.0 Å². The van der Waals surface area contributed by atoms with Gasteiger partial charge in [0, 0.05) is 23.4 Å². The van der Waals surface area contributed by atoms with E-state index in [0.717, 1.165) is 29.5 Å². The lowest BCUT2D eigenvalue weighted by atomic mass is 10.1. The third kappa shape index (κ3) is 4.57. The minimum atomic E-state index is 0.0160. The number of hydrogen-bond donors (Lipinski definition) is 1. The quantitative estimate of drug-likeness (QED) is 0.398. The lowest BCUT2D eigenvalue weighted by molar-refractivity contribution is -0.118. The van der Waals surface area contributed by atoms with Crippen molar-refractivity contribution >= 4 is 39.1 Å². The molecular weight excluding hydrogens is 412 g/mol. The minimum Gasteiger partial charge on any atom is -0.355 e. The molecule has 0 aliphatic rings. The van der Waals surface area contributed by atoms with Crippen molar-refractivity contribution in [3.63, 3.8) is 0 Å². The molecule has 2 aromatic carbocycles. The largest absolute Gasteiger partial charge is 0.355 e. The number of carbonyl (C=O) groups is 1. The number of amides is 1. The van der Waals surface area contributed by atoms with Gasteiger partial charge in [-0.05, 0) is 48.7 Å². The van der Waals surface area contributed by atoms with Gasteiger partial charge in [-0.25, -0.2) is 0 Å². The van der Waals surface area contributed by atoms with Crippen molar-refractivity contribution in [3.05, 3.63) is 65.0 Å². The fourth-order valence-electron chi connectivity index (χ4n) is 3.42. The topological polar surface area (TPSA) is 59.8 Å². The Hall–Kier alpha value is -2.64. The maximum atomic E-state index is 12.3. The second kappa shape index (κ2) is 9.45. The zero-order valence-corrected chi connectivity index (χ0v) is 18.7. The smallest absolute Gasteiger partial charge is 0.230 e. The van der Waals surface area contributed by atoms with E-state index in [-0.39, 0.29) is 5.91 Å². The molecule has 0 fully saturated rings. The molecule has 2 aromatic heterocycles. The maximum Gasteiger partial charge on any atom is 0.230 e. The lowest BCUT2D eigenvalue weighted by Gasteiger charge is -2.08. The predicted molar refractivity (Wildman–Crippen MR) is 125 cm³/mol. The van der Waals surface area contributed by atoms with Crippen molar-refractivity contribution in [2.24, 2.45) is 0 Å². The van der Waals surface area contributed by atoms with Crippen molar-refractivity contribution in [1.29, 1.82) is 0 Å². The highest BCUT2D eigenvalue weighted by Crippen LogP contribution is 2.26. The summed E-state index contributed by atoms with van der Waals surface area (Å²) >= 11 is 3.18. The third-order valence-electron chi connectivity index (χ3n) is 4.92. The van der Waals surface area contributed by atoms with Crippen LogP contribution in [-0.2, 0) is 17.8 Å². The van der Waals surface area contributed by atoms with Gasteiger partial charge in [0.1, 0.15) is 0 Å². The molecule has 1 amide bonds. The molecule has 0 saturated carbocycles. The molecule has 0 spiro atoms. The molecule has 0 aliphatic carbocycles. The summed E-state index contributed by atoms with van der Waals surface area (Å²) in [7, 11) is 0. The van der Waals surface area contributed by atoms with Crippen molar-refractivity contribution in [1.82, 2.24) is 20.1 Å². The molecule has 0 atom stereocenters. The number of rotatable bonds is 8. The summed E-state index contributed by atoms with van der Waals surface area (Å²) < 4.78 is 3.35. The lowest BCUT2D eigenvalue weighted by Crippen LogP contribution is -2.27. The molecule has 1 N–H and O–H groups in total.